The lowest BCUT2D eigenvalue weighted by atomic mass is 9.94. The Kier molecular flexibility index (Phi) is 5.36. The molecule has 2 aromatic heterocycles. The molecule has 2 unspecified atom stereocenters. The first-order chi connectivity index (χ1) is 16.1. The number of allylic oxidation sites excluding steroid dienone is 1. The monoisotopic (exact) mass is 499 g/mol. The maximum Gasteiger partial charge on any atom is 0.247 e. The van der Waals surface area contributed by atoms with Gasteiger partial charge in [-0.3, -0.25) is 9.98 Å². The molecule has 4 atom stereocenters. The molecule has 2 N–H and O–H groups in total. The Balaban J connectivity index is 1.47. The van der Waals surface area contributed by atoms with Crippen molar-refractivity contribution in [2.24, 2.45) is 10.7 Å². The van der Waals surface area contributed by atoms with E-state index >= 15 is 4.39 Å². The quantitative estimate of drug-likeness (QED) is 0.579. The van der Waals surface area contributed by atoms with Gasteiger partial charge in [0.25, 0.3) is 0 Å². The number of thioether (sulfide) groups is 1. The van der Waals surface area contributed by atoms with Crippen molar-refractivity contribution in [3.8, 4) is 11.5 Å². The molecule has 11 heteroatoms. The number of amidine groups is 1. The Bertz CT molecular complexity index is 1390. The fourth-order valence-corrected chi connectivity index (χ4v) is 7.95. The van der Waals surface area contributed by atoms with Gasteiger partial charge in [0.05, 0.1) is 22.2 Å². The number of alkyl halides is 1. The average molecular weight is 500 g/mol. The molecule has 34 heavy (non-hydrogen) atoms. The molecule has 3 aromatic rings. The highest BCUT2D eigenvalue weighted by atomic mass is 32.2. The van der Waals surface area contributed by atoms with E-state index in [9.17, 15) is 8.42 Å². The smallest absolute Gasteiger partial charge is 0.247 e. The zero-order chi connectivity index (χ0) is 24.1. The summed E-state index contributed by atoms with van der Waals surface area (Å²) >= 11 is 1.26. The van der Waals surface area contributed by atoms with Crippen molar-refractivity contribution in [2.45, 2.75) is 35.6 Å². The van der Waals surface area contributed by atoms with Crippen LogP contribution < -0.4 is 5.73 Å². The van der Waals surface area contributed by atoms with Crippen LogP contribution in [0.1, 0.15) is 25.1 Å². The van der Waals surface area contributed by atoms with Gasteiger partial charge in [-0.05, 0) is 49.8 Å². The van der Waals surface area contributed by atoms with Crippen LogP contribution in [0.5, 0.6) is 0 Å². The van der Waals surface area contributed by atoms with Crippen LogP contribution in [0.3, 0.4) is 0 Å². The molecule has 0 aliphatic carbocycles. The zero-order valence-corrected chi connectivity index (χ0v) is 20.1. The summed E-state index contributed by atoms with van der Waals surface area (Å²) in [5.41, 5.74) is 6.80. The Labute approximate surface area is 200 Å². The molecule has 1 aromatic carbocycles. The zero-order valence-electron chi connectivity index (χ0n) is 18.4. The van der Waals surface area contributed by atoms with E-state index in [0.717, 1.165) is 5.56 Å². The van der Waals surface area contributed by atoms with Crippen LogP contribution in [0.4, 0.5) is 4.39 Å². The number of nitrogens with zero attached hydrogens (tertiary/aromatic N) is 4. The minimum absolute atomic E-state index is 0.0837. The van der Waals surface area contributed by atoms with Crippen molar-refractivity contribution in [1.82, 2.24) is 15.2 Å². The largest absolute Gasteiger partial charge is 0.423 e. The summed E-state index contributed by atoms with van der Waals surface area (Å²) in [4.78, 5) is 9.51. The van der Waals surface area contributed by atoms with Gasteiger partial charge in [0.1, 0.15) is 12.0 Å². The van der Waals surface area contributed by atoms with E-state index in [2.05, 4.69) is 20.2 Å². The van der Waals surface area contributed by atoms with Crippen molar-refractivity contribution in [1.29, 1.82) is 0 Å². The molecule has 0 spiro atoms. The van der Waals surface area contributed by atoms with Crippen LogP contribution in [-0.2, 0) is 14.6 Å². The fourth-order valence-electron chi connectivity index (χ4n) is 4.40. The highest BCUT2D eigenvalue weighted by molar-refractivity contribution is 8.09. The average Bonchev–Trinajstić information content (AvgIpc) is 3.48. The number of hydrogen-bond donors (Lipinski definition) is 1. The summed E-state index contributed by atoms with van der Waals surface area (Å²) in [7, 11) is -3.86. The highest BCUT2D eigenvalue weighted by Crippen LogP contribution is 2.49. The lowest BCUT2D eigenvalue weighted by Gasteiger charge is -2.42. The number of aliphatic imine (C=N–C) groups is 1. The fraction of sp³-hybridized carbons (Fsp3) is 0.304. The van der Waals surface area contributed by atoms with Gasteiger partial charge in [0, 0.05) is 16.7 Å². The van der Waals surface area contributed by atoms with Crippen molar-refractivity contribution in [3.05, 3.63) is 72.4 Å². The van der Waals surface area contributed by atoms with Gasteiger partial charge < -0.3 is 10.2 Å². The van der Waals surface area contributed by atoms with Crippen molar-refractivity contribution >= 4 is 32.3 Å². The first kappa shape index (κ1) is 22.7. The van der Waals surface area contributed by atoms with Gasteiger partial charge in [0.2, 0.25) is 12.3 Å². The number of aromatic nitrogens is 3. The van der Waals surface area contributed by atoms with Crippen molar-refractivity contribution < 1.29 is 17.2 Å². The van der Waals surface area contributed by atoms with E-state index in [-0.39, 0.29) is 11.6 Å². The highest BCUT2D eigenvalue weighted by Gasteiger charge is 2.57. The van der Waals surface area contributed by atoms with E-state index in [1.165, 1.54) is 37.4 Å². The predicted octanol–water partition coefficient (Wildman–Crippen LogP) is 3.39. The van der Waals surface area contributed by atoms with Crippen molar-refractivity contribution in [3.63, 3.8) is 0 Å². The predicted molar refractivity (Wildman–Crippen MR) is 129 cm³/mol. The van der Waals surface area contributed by atoms with Gasteiger partial charge in [-0.15, -0.1) is 22.0 Å². The standard InChI is InChI=1S/C23H22FN5O3S2/c1-22(12-34(30,31)23(2,21(25)28-22)18-8-3-4-9-26-18)19-16(24)11-17(33-19)14-6-5-7-15(10-14)20-29-27-13-32-20/h3-11,13,16,19H,12H2,1-2H3,(H2,25,28)/t16?,19?,22-,23+/m0/s1. The molecule has 5 rings (SSSR count). The first-order valence-corrected chi connectivity index (χ1v) is 13.1. The number of halogens is 1. The van der Waals surface area contributed by atoms with Crippen LogP contribution in [0.25, 0.3) is 16.4 Å². The maximum atomic E-state index is 15.4. The number of rotatable bonds is 4. The molecule has 2 aliphatic heterocycles. The molecular weight excluding hydrogens is 477 g/mol. The summed E-state index contributed by atoms with van der Waals surface area (Å²) in [5, 5.41) is 6.83. The first-order valence-electron chi connectivity index (χ1n) is 10.5. The third-order valence-corrected chi connectivity index (χ3v) is 10.6. The van der Waals surface area contributed by atoms with Crippen LogP contribution in [0, 0.1) is 0 Å². The Morgan fingerprint density at radius 1 is 1.18 bits per heavy atom. The van der Waals surface area contributed by atoms with Crippen LogP contribution in [0.15, 0.2) is 70.5 Å². The number of nitrogens with two attached hydrogens (primary N) is 1. The maximum absolute atomic E-state index is 15.4. The number of hydrogen-bond acceptors (Lipinski definition) is 9. The lowest BCUT2D eigenvalue weighted by molar-refractivity contribution is 0.325. The van der Waals surface area contributed by atoms with E-state index in [0.29, 0.717) is 22.1 Å². The number of sulfone groups is 1. The topological polar surface area (TPSA) is 124 Å². The molecule has 2 aliphatic rings. The summed E-state index contributed by atoms with van der Waals surface area (Å²) in [6.07, 6.45) is 2.84. The molecule has 0 amide bonds. The van der Waals surface area contributed by atoms with Crippen LogP contribution in [-0.4, -0.2) is 52.1 Å². The molecular formula is C23H22FN5O3S2. The number of benzene rings is 1. The van der Waals surface area contributed by atoms with Crippen LogP contribution >= 0.6 is 11.8 Å². The SMILES string of the molecule is C[C@@]1(c2ccccn2)C(N)=N[C@](C)(C2SC(c3cccc(-c4nnco4)c3)=CC2F)CS1(=O)=O. The number of pyridine rings is 1. The second kappa shape index (κ2) is 8.02. The molecule has 4 heterocycles. The molecule has 0 saturated heterocycles. The van der Waals surface area contributed by atoms with Gasteiger partial charge >= 0.3 is 0 Å². The molecule has 0 fully saturated rings. The van der Waals surface area contributed by atoms with E-state index in [1.807, 2.05) is 24.3 Å². The third-order valence-electron chi connectivity index (χ3n) is 6.34. The normalized spacial score (nSPS) is 30.6. The van der Waals surface area contributed by atoms with Gasteiger partial charge in [-0.25, -0.2) is 12.8 Å². The van der Waals surface area contributed by atoms with Gasteiger partial charge in [-0.1, -0.05) is 18.2 Å². The summed E-state index contributed by atoms with van der Waals surface area (Å²) in [6.45, 7) is 3.15. The molecule has 8 nitrogen and oxygen atoms in total. The Morgan fingerprint density at radius 3 is 2.65 bits per heavy atom. The van der Waals surface area contributed by atoms with Gasteiger partial charge in [-0.2, -0.15) is 0 Å². The molecule has 0 bridgehead atoms. The molecule has 0 saturated carbocycles. The van der Waals surface area contributed by atoms with E-state index in [1.54, 1.807) is 25.1 Å². The van der Waals surface area contributed by atoms with Crippen LogP contribution in [0.2, 0.25) is 0 Å². The Hall–Kier alpha value is -3.05. The summed E-state index contributed by atoms with van der Waals surface area (Å²) in [6, 6.07) is 12.3. The van der Waals surface area contributed by atoms with Crippen molar-refractivity contribution in [2.75, 3.05) is 5.75 Å². The second-order valence-corrected chi connectivity index (χ2v) is 12.2. The third kappa shape index (κ3) is 3.54. The summed E-state index contributed by atoms with van der Waals surface area (Å²) < 4.78 is 46.1. The minimum atomic E-state index is -3.86. The van der Waals surface area contributed by atoms with E-state index < -0.39 is 31.5 Å². The molecule has 0 radical (unpaired) electrons. The minimum Gasteiger partial charge on any atom is -0.423 e. The Morgan fingerprint density at radius 2 is 1.97 bits per heavy atom. The second-order valence-electron chi connectivity index (χ2n) is 8.70. The van der Waals surface area contributed by atoms with Gasteiger partial charge in [0.15, 0.2) is 14.6 Å². The lowest BCUT2D eigenvalue weighted by Crippen LogP contribution is -2.59. The molecule has 176 valence electrons. The summed E-state index contributed by atoms with van der Waals surface area (Å²) in [5.74, 6) is -0.0791. The van der Waals surface area contributed by atoms with E-state index in [4.69, 9.17) is 10.2 Å².